The number of nitrogens with one attached hydrogen (secondary N) is 1. The number of thiazole rings is 1. The number of benzene rings is 2. The lowest BCUT2D eigenvalue weighted by Crippen LogP contribution is -2.48. The van der Waals surface area contributed by atoms with Gasteiger partial charge in [-0.15, -0.1) is 11.3 Å². The molecule has 2 aromatic carbocycles. The number of hydrogen-bond donors (Lipinski definition) is 2. The van der Waals surface area contributed by atoms with E-state index in [4.69, 9.17) is 28.3 Å². The number of aryl methyl sites for hydroxylation is 1. The van der Waals surface area contributed by atoms with E-state index < -0.39 is 6.04 Å². The summed E-state index contributed by atoms with van der Waals surface area (Å²) >= 11 is 15.3. The van der Waals surface area contributed by atoms with Crippen molar-refractivity contribution in [3.05, 3.63) is 81.4 Å². The lowest BCUT2D eigenvalue weighted by molar-refractivity contribution is -0.118. The van der Waals surface area contributed by atoms with Crippen LogP contribution >= 0.6 is 34.5 Å². The molecule has 3 aliphatic rings. The molecule has 8 rings (SSSR count). The number of aromatic nitrogens is 5. The van der Waals surface area contributed by atoms with Gasteiger partial charge in [0.1, 0.15) is 5.52 Å². The Morgan fingerprint density at radius 2 is 1.93 bits per heavy atom. The van der Waals surface area contributed by atoms with Gasteiger partial charge in [0.15, 0.2) is 11.2 Å². The summed E-state index contributed by atoms with van der Waals surface area (Å²) in [5.41, 5.74) is 5.62. The number of amides is 1. The molecule has 1 saturated carbocycles. The molecule has 1 spiro atoms. The first kappa shape index (κ1) is 29.1. The Morgan fingerprint density at radius 3 is 2.67 bits per heavy atom. The van der Waals surface area contributed by atoms with Crippen molar-refractivity contribution in [1.29, 1.82) is 0 Å². The quantitative estimate of drug-likeness (QED) is 0.205. The first-order chi connectivity index (χ1) is 21.9. The third-order valence-corrected chi connectivity index (χ3v) is 11.2. The number of carbonyl (C=O) groups excluding carboxylic acids is 1. The van der Waals surface area contributed by atoms with Crippen LogP contribution in [0.5, 0.6) is 0 Å². The second kappa shape index (κ2) is 11.5. The Labute approximate surface area is 274 Å². The molecule has 2 fully saturated rings. The van der Waals surface area contributed by atoms with Gasteiger partial charge in [0.05, 0.1) is 28.2 Å². The number of imidazole rings is 1. The molecule has 232 valence electrons. The minimum absolute atomic E-state index is 0.0930. The number of nitrogens with zero attached hydrogens (tertiary/aromatic N) is 6. The predicted octanol–water partition coefficient (Wildman–Crippen LogP) is 6.57. The van der Waals surface area contributed by atoms with Gasteiger partial charge in [0.25, 0.3) is 5.91 Å². The zero-order valence-corrected chi connectivity index (χ0v) is 27.0. The van der Waals surface area contributed by atoms with Crippen molar-refractivity contribution in [2.75, 3.05) is 18.4 Å². The number of piperidine rings is 1. The fraction of sp³-hybridized carbons (Fsp3) is 0.394. The second-order valence-corrected chi connectivity index (χ2v) is 14.4. The summed E-state index contributed by atoms with van der Waals surface area (Å²) in [6, 6.07) is 9.54. The smallest absolute Gasteiger partial charge is 0.257 e. The molecule has 3 aromatic heterocycles. The number of carbonyl (C=O) groups is 1. The lowest BCUT2D eigenvalue weighted by atomic mass is 9.61. The van der Waals surface area contributed by atoms with E-state index in [1.165, 1.54) is 29.7 Å². The molecule has 2 N–H and O–H groups in total. The summed E-state index contributed by atoms with van der Waals surface area (Å²) in [7, 11) is 0. The number of hydrogen-bond acceptors (Lipinski definition) is 7. The average Bonchev–Trinajstić information content (AvgIpc) is 3.83. The van der Waals surface area contributed by atoms with E-state index in [-0.39, 0.29) is 12.0 Å². The highest BCUT2D eigenvalue weighted by molar-refractivity contribution is 7.13. The molecule has 1 atom stereocenters. The van der Waals surface area contributed by atoms with Crippen LogP contribution in [0.3, 0.4) is 0 Å². The van der Waals surface area contributed by atoms with Crippen LogP contribution in [0, 0.1) is 5.41 Å². The van der Waals surface area contributed by atoms with E-state index in [0.29, 0.717) is 37.2 Å². The standard InChI is InChI=1S/C33H33Cl2N7O2S/c34-25-14-23(21-5-3-20(4-6-21)17-40-11-7-33(8-12-40)15-22(43)16-33)27(35)28-24(25)18-42(39-28)30(31(44)38-32-36-9-13-45-32)29-26-2-1-10-41(26)19-37-29/h3-6,9,13-14,18-19,22,30,43H,1-2,7-8,10-12,15-17H2,(H,36,38,44). The van der Waals surface area contributed by atoms with Gasteiger partial charge in [-0.1, -0.05) is 47.5 Å². The van der Waals surface area contributed by atoms with E-state index in [1.54, 1.807) is 23.4 Å². The molecule has 9 nitrogen and oxygen atoms in total. The highest BCUT2D eigenvalue weighted by Crippen LogP contribution is 2.49. The van der Waals surface area contributed by atoms with Crippen LogP contribution in [0.1, 0.15) is 55.1 Å². The third kappa shape index (κ3) is 5.36. The largest absolute Gasteiger partial charge is 0.393 e. The minimum Gasteiger partial charge on any atom is -0.393 e. The van der Waals surface area contributed by atoms with Crippen molar-refractivity contribution in [2.45, 2.75) is 63.8 Å². The topological polar surface area (TPSA) is 101 Å². The van der Waals surface area contributed by atoms with Gasteiger partial charge in [0.2, 0.25) is 0 Å². The molecule has 1 amide bonds. The predicted molar refractivity (Wildman–Crippen MR) is 177 cm³/mol. The maximum absolute atomic E-state index is 13.7. The average molecular weight is 663 g/mol. The molecule has 1 saturated heterocycles. The third-order valence-electron chi connectivity index (χ3n) is 9.86. The Morgan fingerprint density at radius 1 is 1.13 bits per heavy atom. The van der Waals surface area contributed by atoms with Crippen LogP contribution in [0.15, 0.2) is 54.4 Å². The lowest BCUT2D eigenvalue weighted by Gasteiger charge is -2.50. The van der Waals surface area contributed by atoms with Gasteiger partial charge in [-0.3, -0.25) is 19.7 Å². The summed E-state index contributed by atoms with van der Waals surface area (Å²) in [4.78, 5) is 25.1. The van der Waals surface area contributed by atoms with Crippen LogP contribution in [0.2, 0.25) is 10.0 Å². The molecular formula is C33H33Cl2N7O2S. The Kier molecular flexibility index (Phi) is 7.45. The number of rotatable bonds is 7. The van der Waals surface area contributed by atoms with E-state index in [9.17, 15) is 9.90 Å². The molecule has 0 bridgehead atoms. The Hall–Kier alpha value is -3.28. The van der Waals surface area contributed by atoms with Crippen molar-refractivity contribution in [3.63, 3.8) is 0 Å². The van der Waals surface area contributed by atoms with Crippen molar-refractivity contribution < 1.29 is 9.90 Å². The summed E-state index contributed by atoms with van der Waals surface area (Å²) < 4.78 is 3.73. The van der Waals surface area contributed by atoms with Crippen LogP contribution in [0.25, 0.3) is 22.0 Å². The number of aliphatic hydroxyl groups excluding tert-OH is 1. The first-order valence-electron chi connectivity index (χ1n) is 15.5. The SMILES string of the molecule is O=C(Nc1nccs1)C(c1ncn2c1CCC2)n1cc2c(Cl)cc(-c3ccc(CN4CCC5(CC4)CC(O)C5)cc3)c(Cl)c2n1. The zero-order chi connectivity index (χ0) is 30.7. The van der Waals surface area contributed by atoms with Crippen LogP contribution in [0.4, 0.5) is 5.13 Å². The number of halogens is 2. The molecule has 0 radical (unpaired) electrons. The fourth-order valence-electron chi connectivity index (χ4n) is 7.41. The highest BCUT2D eigenvalue weighted by Gasteiger charge is 2.45. The van der Waals surface area contributed by atoms with Crippen LogP contribution in [-0.2, 0) is 24.3 Å². The van der Waals surface area contributed by atoms with Crippen molar-refractivity contribution in [1.82, 2.24) is 29.2 Å². The zero-order valence-electron chi connectivity index (χ0n) is 24.6. The van der Waals surface area contributed by atoms with Crippen molar-refractivity contribution in [2.24, 2.45) is 5.41 Å². The van der Waals surface area contributed by atoms with Crippen LogP contribution in [-0.4, -0.2) is 59.4 Å². The van der Waals surface area contributed by atoms with Gasteiger partial charge < -0.3 is 9.67 Å². The van der Waals surface area contributed by atoms with Crippen LogP contribution < -0.4 is 5.32 Å². The van der Waals surface area contributed by atoms with E-state index >= 15 is 0 Å². The van der Waals surface area contributed by atoms with Gasteiger partial charge in [0, 0.05) is 47.5 Å². The summed E-state index contributed by atoms with van der Waals surface area (Å²) in [5.74, 6) is -0.275. The number of anilines is 1. The number of aliphatic hydroxyl groups is 1. The summed E-state index contributed by atoms with van der Waals surface area (Å²) in [5, 5.41) is 21.6. The summed E-state index contributed by atoms with van der Waals surface area (Å²) in [6.07, 6.45) is 11.3. The molecule has 12 heteroatoms. The molecule has 5 aromatic rings. The minimum atomic E-state index is -0.815. The fourth-order valence-corrected chi connectivity index (χ4v) is 8.49. The molecular weight excluding hydrogens is 629 g/mol. The van der Waals surface area contributed by atoms with Gasteiger partial charge in [-0.2, -0.15) is 5.10 Å². The van der Waals surface area contributed by atoms with Crippen molar-refractivity contribution >= 4 is 56.5 Å². The van der Waals surface area contributed by atoms with Gasteiger partial charge in [-0.25, -0.2) is 9.97 Å². The number of likely N-dealkylation sites (tertiary alicyclic amines) is 1. The maximum atomic E-state index is 13.7. The number of fused-ring (bicyclic) bond motifs is 2. The Bertz CT molecular complexity index is 1870. The van der Waals surface area contributed by atoms with E-state index in [1.807, 2.05) is 11.4 Å². The summed E-state index contributed by atoms with van der Waals surface area (Å²) in [6.45, 7) is 3.92. The molecule has 1 aliphatic carbocycles. The van der Waals surface area contributed by atoms with E-state index in [0.717, 1.165) is 68.7 Å². The normalized spacial score (nSPS) is 18.7. The maximum Gasteiger partial charge on any atom is 0.257 e. The van der Waals surface area contributed by atoms with E-state index in [2.05, 4.69) is 49.0 Å². The molecule has 1 unspecified atom stereocenters. The van der Waals surface area contributed by atoms with Gasteiger partial charge >= 0.3 is 0 Å². The Balaban J connectivity index is 1.07. The second-order valence-electron chi connectivity index (χ2n) is 12.7. The van der Waals surface area contributed by atoms with Gasteiger partial charge in [-0.05, 0) is 74.2 Å². The first-order valence-corrected chi connectivity index (χ1v) is 17.1. The monoisotopic (exact) mass is 661 g/mol. The molecule has 5 heterocycles. The highest BCUT2D eigenvalue weighted by atomic mass is 35.5. The molecule has 2 aliphatic heterocycles. The van der Waals surface area contributed by atoms with Crippen molar-refractivity contribution in [3.8, 4) is 11.1 Å². The molecule has 45 heavy (non-hydrogen) atoms.